The van der Waals surface area contributed by atoms with Crippen molar-refractivity contribution >= 4 is 46.6 Å². The first-order chi connectivity index (χ1) is 21.0. The standard InChI is InChI=1S/C32H36N2O10/c1-21(35)41-17-13-33(14-18-42-22(2)36)27-9-5-25(6-10-27)29-31(39)30(32(29)40)26-7-11-28(12-8-26)34(15-19-43-23(3)37)16-20-44-24(4)38/h5-12H,13-20H2,1-4H3/p+1. The zero-order chi connectivity index (χ0) is 32.2. The molecule has 2 aliphatic carbocycles. The third-order valence-electron chi connectivity index (χ3n) is 6.64. The fourth-order valence-electron chi connectivity index (χ4n) is 4.55. The van der Waals surface area contributed by atoms with Crippen molar-refractivity contribution < 1.29 is 52.6 Å². The predicted octanol–water partition coefficient (Wildman–Crippen LogP) is 2.47. The Kier molecular flexibility index (Phi) is 12.2. The van der Waals surface area contributed by atoms with E-state index in [1.807, 2.05) is 9.48 Å². The number of ketones is 1. The molecule has 0 aliphatic heterocycles. The molecule has 0 bridgehead atoms. The molecule has 234 valence electrons. The minimum atomic E-state index is -0.399. The highest BCUT2D eigenvalue weighted by Crippen LogP contribution is 2.39. The van der Waals surface area contributed by atoms with E-state index in [2.05, 4.69) is 0 Å². The van der Waals surface area contributed by atoms with Crippen molar-refractivity contribution in [1.29, 1.82) is 0 Å². The van der Waals surface area contributed by atoms with Crippen LogP contribution >= 0.6 is 0 Å². The normalized spacial score (nSPS) is 13.8. The summed E-state index contributed by atoms with van der Waals surface area (Å²) in [5.74, 6) is -2.01. The maximum absolute atomic E-state index is 13.2. The average molecular weight is 610 g/mol. The highest BCUT2D eigenvalue weighted by atomic mass is 16.5. The predicted molar refractivity (Wildman–Crippen MR) is 160 cm³/mol. The molecule has 1 N–H and O–H groups in total. The lowest BCUT2D eigenvalue weighted by Gasteiger charge is -2.26. The first-order valence-electron chi connectivity index (χ1n) is 14.1. The summed E-state index contributed by atoms with van der Waals surface area (Å²) >= 11 is 0. The zero-order valence-corrected chi connectivity index (χ0v) is 25.3. The lowest BCUT2D eigenvalue weighted by molar-refractivity contribution is -0.530. The molecule has 2 aliphatic rings. The van der Waals surface area contributed by atoms with E-state index < -0.39 is 23.9 Å². The first kappa shape index (κ1) is 33.5. The summed E-state index contributed by atoms with van der Waals surface area (Å²) < 4.78 is 22.1. The highest BCUT2D eigenvalue weighted by molar-refractivity contribution is 6.39. The number of ether oxygens (including phenoxy) is 4. The van der Waals surface area contributed by atoms with E-state index in [1.54, 1.807) is 48.6 Å². The van der Waals surface area contributed by atoms with Crippen LogP contribution in [0.25, 0.3) is 5.57 Å². The monoisotopic (exact) mass is 609 g/mol. The second-order valence-electron chi connectivity index (χ2n) is 9.86. The number of benzene rings is 1. The van der Waals surface area contributed by atoms with Gasteiger partial charge in [-0.25, -0.2) is 4.58 Å². The van der Waals surface area contributed by atoms with Gasteiger partial charge in [-0.3, -0.25) is 24.0 Å². The number of aliphatic hydroxyl groups excluding tert-OH is 1. The number of Topliss-reactive ketones (excluding diaryl/α,β-unsaturated/α-hetero) is 1. The summed E-state index contributed by atoms with van der Waals surface area (Å²) in [7, 11) is 0. The number of hydrogen-bond donors (Lipinski definition) is 1. The van der Waals surface area contributed by atoms with Crippen LogP contribution in [-0.2, 0) is 42.9 Å². The molecule has 0 saturated heterocycles. The minimum absolute atomic E-state index is 0.112. The van der Waals surface area contributed by atoms with E-state index in [1.165, 1.54) is 27.7 Å². The van der Waals surface area contributed by atoms with Gasteiger partial charge in [-0.05, 0) is 35.4 Å². The number of allylic oxidation sites excluding steroid dienone is 7. The number of hydrogen-bond acceptors (Lipinski definition) is 11. The molecule has 3 rings (SSSR count). The van der Waals surface area contributed by atoms with Crippen molar-refractivity contribution in [3.05, 3.63) is 71.0 Å². The number of carbonyl (C=O) groups is 5. The molecule has 0 radical (unpaired) electrons. The van der Waals surface area contributed by atoms with Crippen molar-refractivity contribution in [2.75, 3.05) is 57.5 Å². The van der Waals surface area contributed by atoms with Crippen LogP contribution in [-0.4, -0.2) is 97.7 Å². The summed E-state index contributed by atoms with van der Waals surface area (Å²) in [6.45, 7) is 7.35. The van der Waals surface area contributed by atoms with Crippen LogP contribution in [0.2, 0.25) is 0 Å². The number of esters is 4. The Balaban J connectivity index is 1.77. The van der Waals surface area contributed by atoms with Gasteiger partial charge in [0.15, 0.2) is 18.8 Å². The molecular weight excluding hydrogens is 572 g/mol. The van der Waals surface area contributed by atoms with Gasteiger partial charge in [-0.15, -0.1) is 0 Å². The molecule has 1 aromatic carbocycles. The van der Waals surface area contributed by atoms with Crippen LogP contribution in [0.5, 0.6) is 0 Å². The summed E-state index contributed by atoms with van der Waals surface area (Å²) in [5.41, 5.74) is 2.99. The Bertz CT molecular complexity index is 1390. The Morgan fingerprint density at radius 1 is 0.682 bits per heavy atom. The van der Waals surface area contributed by atoms with E-state index in [0.717, 1.165) is 11.4 Å². The molecule has 0 atom stereocenters. The van der Waals surface area contributed by atoms with E-state index in [9.17, 15) is 29.1 Å². The largest absolute Gasteiger partial charge is 0.506 e. The molecule has 0 unspecified atom stereocenters. The minimum Gasteiger partial charge on any atom is -0.506 e. The second-order valence-corrected chi connectivity index (χ2v) is 9.86. The molecule has 12 heteroatoms. The molecule has 1 aromatic rings. The van der Waals surface area contributed by atoms with Gasteiger partial charge < -0.3 is 29.0 Å². The lowest BCUT2D eigenvalue weighted by atomic mass is 9.80. The molecule has 0 aromatic heterocycles. The van der Waals surface area contributed by atoms with Gasteiger partial charge in [-0.2, -0.15) is 0 Å². The summed E-state index contributed by atoms with van der Waals surface area (Å²) in [5, 5.41) is 10.9. The van der Waals surface area contributed by atoms with Gasteiger partial charge >= 0.3 is 23.9 Å². The van der Waals surface area contributed by atoms with Crippen molar-refractivity contribution in [3.63, 3.8) is 0 Å². The number of nitrogens with zero attached hydrogens (tertiary/aromatic N) is 2. The van der Waals surface area contributed by atoms with Crippen LogP contribution in [0, 0.1) is 0 Å². The summed E-state index contributed by atoms with van der Waals surface area (Å²) in [4.78, 5) is 59.7. The van der Waals surface area contributed by atoms with E-state index >= 15 is 0 Å². The number of aliphatic hydroxyl groups is 1. The maximum Gasteiger partial charge on any atom is 0.302 e. The highest BCUT2D eigenvalue weighted by Gasteiger charge is 2.36. The second kappa shape index (κ2) is 16.0. The third-order valence-corrected chi connectivity index (χ3v) is 6.64. The van der Waals surface area contributed by atoms with Crippen molar-refractivity contribution in [3.8, 4) is 0 Å². The van der Waals surface area contributed by atoms with E-state index in [4.69, 9.17) is 18.9 Å². The third kappa shape index (κ3) is 9.51. The number of rotatable bonds is 14. The topological polar surface area (TPSA) is 149 Å². The van der Waals surface area contributed by atoms with Gasteiger partial charge in [0.2, 0.25) is 5.78 Å². The maximum atomic E-state index is 13.2. The van der Waals surface area contributed by atoms with Crippen LogP contribution in [0.4, 0.5) is 5.69 Å². The van der Waals surface area contributed by atoms with Gasteiger partial charge in [0.1, 0.15) is 32.2 Å². The first-order valence-corrected chi connectivity index (χ1v) is 14.1. The van der Waals surface area contributed by atoms with E-state index in [0.29, 0.717) is 37.3 Å². The Morgan fingerprint density at radius 3 is 1.57 bits per heavy atom. The Hall–Kier alpha value is -5.00. The Morgan fingerprint density at radius 2 is 1.14 bits per heavy atom. The van der Waals surface area contributed by atoms with Crippen LogP contribution in [0.15, 0.2) is 65.5 Å². The molecule has 0 saturated carbocycles. The fraction of sp³-hybridized carbons (Fsp3) is 0.375. The fourth-order valence-corrected chi connectivity index (χ4v) is 4.55. The van der Waals surface area contributed by atoms with Gasteiger partial charge in [0.05, 0.1) is 24.2 Å². The van der Waals surface area contributed by atoms with E-state index in [-0.39, 0.29) is 49.1 Å². The number of carbonyl (C=O) groups excluding carboxylic acids is 5. The molecular formula is C32H37N2O10+. The summed E-state index contributed by atoms with van der Waals surface area (Å²) in [6, 6.07) is 6.98. The van der Waals surface area contributed by atoms with Crippen LogP contribution in [0.1, 0.15) is 33.3 Å². The molecule has 0 heterocycles. The quantitative estimate of drug-likeness (QED) is 0.144. The van der Waals surface area contributed by atoms with Crippen LogP contribution < -0.4 is 4.90 Å². The smallest absolute Gasteiger partial charge is 0.302 e. The van der Waals surface area contributed by atoms with Crippen LogP contribution in [0.3, 0.4) is 0 Å². The van der Waals surface area contributed by atoms with Crippen molar-refractivity contribution in [2.45, 2.75) is 27.7 Å². The van der Waals surface area contributed by atoms with Gasteiger partial charge in [-0.1, -0.05) is 12.1 Å². The Labute approximate surface area is 255 Å². The molecule has 44 heavy (non-hydrogen) atoms. The summed E-state index contributed by atoms with van der Waals surface area (Å²) in [6.07, 6.45) is 6.98. The number of anilines is 1. The molecule has 12 nitrogen and oxygen atoms in total. The van der Waals surface area contributed by atoms with Crippen molar-refractivity contribution in [2.24, 2.45) is 0 Å². The van der Waals surface area contributed by atoms with Crippen molar-refractivity contribution in [1.82, 2.24) is 0 Å². The van der Waals surface area contributed by atoms with Gasteiger partial charge in [0, 0.05) is 45.5 Å². The lowest BCUT2D eigenvalue weighted by Crippen LogP contribution is -2.32. The molecule has 0 amide bonds. The molecule has 0 spiro atoms. The average Bonchev–Trinajstić information content (AvgIpc) is 2.96. The zero-order valence-electron chi connectivity index (χ0n) is 25.3. The van der Waals surface area contributed by atoms with Gasteiger partial charge in [0.25, 0.3) is 0 Å². The molecule has 0 fully saturated rings. The SMILES string of the molecule is CC(=O)OCCN(CCOC(C)=O)c1ccc(C2=C(O)C(=C3C=CC(=[N+](CCOC(C)=O)CCOC(C)=O)C=C3)C2=O)cc1.